The van der Waals surface area contributed by atoms with Crippen molar-refractivity contribution in [3.8, 4) is 0 Å². The van der Waals surface area contributed by atoms with Crippen molar-refractivity contribution < 1.29 is 23.4 Å². The molecule has 6 heteroatoms. The van der Waals surface area contributed by atoms with E-state index in [0.717, 1.165) is 12.5 Å². The van der Waals surface area contributed by atoms with Gasteiger partial charge in [0.2, 0.25) is 0 Å². The van der Waals surface area contributed by atoms with E-state index < -0.39 is 21.1 Å². The van der Waals surface area contributed by atoms with Crippen molar-refractivity contribution in [1.29, 1.82) is 0 Å². The van der Waals surface area contributed by atoms with E-state index in [-0.39, 0.29) is 17.1 Å². The molecule has 0 spiro atoms. The summed E-state index contributed by atoms with van der Waals surface area (Å²) in [5.41, 5.74) is 0.890. The number of sulfone groups is 1. The van der Waals surface area contributed by atoms with E-state index in [1.807, 2.05) is 13.8 Å². The maximum Gasteiger partial charge on any atom is 0.300 e. The molecule has 0 bridgehead atoms. The number of hydrogen-bond donors (Lipinski definition) is 2. The van der Waals surface area contributed by atoms with Crippen LogP contribution in [0.1, 0.15) is 27.2 Å². The number of carboxylic acids is 1. The summed E-state index contributed by atoms with van der Waals surface area (Å²) in [6.45, 7) is 8.11. The molecule has 2 N–H and O–H groups in total. The fraction of sp³-hybridized carbons (Fsp3) is 0.312. The summed E-state index contributed by atoms with van der Waals surface area (Å²) in [7, 11) is -3.49. The van der Waals surface area contributed by atoms with Crippen LogP contribution in [0.4, 0.5) is 0 Å². The Labute approximate surface area is 131 Å². The Morgan fingerprint density at radius 2 is 1.64 bits per heavy atom. The van der Waals surface area contributed by atoms with Gasteiger partial charge in [-0.2, -0.15) is 0 Å². The number of aliphatic hydroxyl groups excluding tert-OH is 1. The van der Waals surface area contributed by atoms with Crippen LogP contribution in [0, 0.1) is 0 Å². The summed E-state index contributed by atoms with van der Waals surface area (Å²) in [5, 5.41) is 15.9. The molecule has 0 aliphatic heterocycles. The monoisotopic (exact) mass is 326 g/mol. The minimum absolute atomic E-state index is 0.0163. The van der Waals surface area contributed by atoms with Crippen molar-refractivity contribution in [3.05, 3.63) is 54.3 Å². The molecule has 1 unspecified atom stereocenters. The number of hydrogen-bond acceptors (Lipinski definition) is 4. The molecule has 0 amide bonds. The van der Waals surface area contributed by atoms with E-state index in [0.29, 0.717) is 0 Å². The minimum Gasteiger partial charge on any atom is -0.513 e. The van der Waals surface area contributed by atoms with Gasteiger partial charge < -0.3 is 10.2 Å². The number of allylic oxidation sites excluding steroid dienone is 2. The third kappa shape index (κ3) is 7.64. The zero-order valence-electron chi connectivity index (χ0n) is 13.0. The average Bonchev–Trinajstić information content (AvgIpc) is 2.37. The molecule has 0 heterocycles. The minimum atomic E-state index is -3.49. The first-order chi connectivity index (χ1) is 10.1. The first kappa shape index (κ1) is 19.9. The second-order valence-electron chi connectivity index (χ2n) is 4.93. The van der Waals surface area contributed by atoms with Crippen LogP contribution in [-0.4, -0.2) is 29.9 Å². The average molecular weight is 326 g/mol. The van der Waals surface area contributed by atoms with E-state index in [9.17, 15) is 13.5 Å². The topological polar surface area (TPSA) is 91.7 Å². The van der Waals surface area contributed by atoms with Crippen molar-refractivity contribution in [1.82, 2.24) is 0 Å². The highest BCUT2D eigenvalue weighted by molar-refractivity contribution is 7.92. The third-order valence-corrected chi connectivity index (χ3v) is 4.46. The van der Waals surface area contributed by atoms with Crippen LogP contribution in [0.2, 0.25) is 0 Å². The standard InChI is InChI=1S/C14H18O3S.C2H4O2/c1-11(2)9-14(10-12(3)15)18(16,17)13-7-5-4-6-8-13;1-2(3)4/h4-9,14-15H,3,10H2,1-2H3;1H3,(H,3,4). The molecule has 22 heavy (non-hydrogen) atoms. The molecule has 1 aromatic rings. The van der Waals surface area contributed by atoms with Crippen molar-refractivity contribution in [2.45, 2.75) is 37.3 Å². The van der Waals surface area contributed by atoms with Crippen molar-refractivity contribution in [2.75, 3.05) is 0 Å². The molecule has 1 rings (SSSR count). The van der Waals surface area contributed by atoms with Gasteiger partial charge in [0.25, 0.3) is 5.97 Å². The van der Waals surface area contributed by atoms with Crippen LogP contribution in [0.3, 0.4) is 0 Å². The van der Waals surface area contributed by atoms with Crippen LogP contribution in [0.15, 0.2) is 59.2 Å². The highest BCUT2D eigenvalue weighted by atomic mass is 32.2. The number of aliphatic carboxylic acids is 1. The van der Waals surface area contributed by atoms with Gasteiger partial charge >= 0.3 is 0 Å². The van der Waals surface area contributed by atoms with E-state index in [2.05, 4.69) is 6.58 Å². The second kappa shape index (κ2) is 9.04. The smallest absolute Gasteiger partial charge is 0.300 e. The molecular formula is C16H22O5S. The van der Waals surface area contributed by atoms with Crippen molar-refractivity contribution in [2.24, 2.45) is 0 Å². The fourth-order valence-corrected chi connectivity index (χ4v) is 3.40. The van der Waals surface area contributed by atoms with Gasteiger partial charge in [0.05, 0.1) is 15.9 Å². The lowest BCUT2D eigenvalue weighted by Crippen LogP contribution is -2.20. The molecule has 1 aromatic carbocycles. The highest BCUT2D eigenvalue weighted by Crippen LogP contribution is 2.22. The summed E-state index contributed by atoms with van der Waals surface area (Å²) in [6, 6.07) is 8.24. The van der Waals surface area contributed by atoms with Gasteiger partial charge in [-0.25, -0.2) is 8.42 Å². The molecule has 5 nitrogen and oxygen atoms in total. The molecule has 1 atom stereocenters. The number of carbonyl (C=O) groups is 1. The number of aliphatic hydroxyl groups is 1. The molecule has 0 saturated carbocycles. The maximum atomic E-state index is 12.4. The lowest BCUT2D eigenvalue weighted by molar-refractivity contribution is -0.134. The molecule has 0 aliphatic carbocycles. The van der Waals surface area contributed by atoms with Gasteiger partial charge in [0.15, 0.2) is 9.84 Å². The zero-order chi connectivity index (χ0) is 17.3. The summed E-state index contributed by atoms with van der Waals surface area (Å²) < 4.78 is 24.8. The Morgan fingerprint density at radius 3 is 2.00 bits per heavy atom. The molecule has 0 aliphatic rings. The Hall–Kier alpha value is -2.08. The van der Waals surface area contributed by atoms with E-state index in [4.69, 9.17) is 9.90 Å². The Kier molecular flexibility index (Phi) is 8.19. The third-order valence-electron chi connectivity index (χ3n) is 2.43. The predicted molar refractivity (Wildman–Crippen MR) is 86.5 cm³/mol. The Bertz CT molecular complexity index is 622. The van der Waals surface area contributed by atoms with Crippen LogP contribution in [-0.2, 0) is 14.6 Å². The molecule has 0 aromatic heterocycles. The van der Waals surface area contributed by atoms with Gasteiger partial charge in [-0.1, -0.05) is 36.4 Å². The molecule has 0 saturated heterocycles. The summed E-state index contributed by atoms with van der Waals surface area (Å²) in [6.07, 6.45) is 1.66. The molecule has 0 fully saturated rings. The number of carboxylic acid groups (broad SMARTS) is 1. The Morgan fingerprint density at radius 1 is 1.18 bits per heavy atom. The summed E-state index contributed by atoms with van der Waals surface area (Å²) in [4.78, 5) is 9.26. The van der Waals surface area contributed by atoms with Gasteiger partial charge in [-0.05, 0) is 26.0 Å². The molecular weight excluding hydrogens is 304 g/mol. The van der Waals surface area contributed by atoms with E-state index >= 15 is 0 Å². The first-order valence-electron chi connectivity index (χ1n) is 6.57. The molecule has 122 valence electrons. The number of rotatable bonds is 5. The highest BCUT2D eigenvalue weighted by Gasteiger charge is 2.25. The fourth-order valence-electron chi connectivity index (χ4n) is 1.65. The summed E-state index contributed by atoms with van der Waals surface area (Å²) in [5.74, 6) is -0.961. The van der Waals surface area contributed by atoms with Crippen molar-refractivity contribution in [3.63, 3.8) is 0 Å². The van der Waals surface area contributed by atoms with Gasteiger partial charge in [0, 0.05) is 13.3 Å². The van der Waals surface area contributed by atoms with Crippen LogP contribution < -0.4 is 0 Å². The van der Waals surface area contributed by atoms with E-state index in [1.165, 1.54) is 0 Å². The van der Waals surface area contributed by atoms with Crippen LogP contribution >= 0.6 is 0 Å². The van der Waals surface area contributed by atoms with Gasteiger partial charge in [0.1, 0.15) is 0 Å². The van der Waals surface area contributed by atoms with Crippen molar-refractivity contribution >= 4 is 15.8 Å². The van der Waals surface area contributed by atoms with Gasteiger partial charge in [-0.15, -0.1) is 0 Å². The first-order valence-corrected chi connectivity index (χ1v) is 8.12. The zero-order valence-corrected chi connectivity index (χ0v) is 13.8. The van der Waals surface area contributed by atoms with Crippen LogP contribution in [0.5, 0.6) is 0 Å². The summed E-state index contributed by atoms with van der Waals surface area (Å²) >= 11 is 0. The maximum absolute atomic E-state index is 12.4. The normalized spacial score (nSPS) is 11.6. The van der Waals surface area contributed by atoms with E-state index in [1.54, 1.807) is 36.4 Å². The van der Waals surface area contributed by atoms with Gasteiger partial charge in [-0.3, -0.25) is 4.79 Å². The number of benzene rings is 1. The predicted octanol–water partition coefficient (Wildman–Crippen LogP) is 3.35. The lowest BCUT2D eigenvalue weighted by Gasteiger charge is -2.14. The lowest BCUT2D eigenvalue weighted by atomic mass is 10.2. The van der Waals surface area contributed by atoms with Crippen LogP contribution in [0.25, 0.3) is 0 Å². The largest absolute Gasteiger partial charge is 0.513 e. The molecule has 0 radical (unpaired) electrons. The quantitative estimate of drug-likeness (QED) is 0.639. The second-order valence-corrected chi connectivity index (χ2v) is 7.10. The SMILES string of the molecule is C=C(O)CC(C=C(C)C)S(=O)(=O)c1ccccc1.CC(=O)O. The Balaban J connectivity index is 0.000000980.